The molecule has 2 aromatic carbocycles. The van der Waals surface area contributed by atoms with Crippen molar-refractivity contribution in [1.29, 1.82) is 0 Å². The zero-order valence-corrected chi connectivity index (χ0v) is 12.0. The molecule has 1 aliphatic carbocycles. The number of nitrogen functional groups attached to an aromatic ring is 1. The molecule has 2 N–H and O–H groups in total. The van der Waals surface area contributed by atoms with Crippen LogP contribution < -0.4 is 5.73 Å². The highest BCUT2D eigenvalue weighted by molar-refractivity contribution is 5.96. The summed E-state index contributed by atoms with van der Waals surface area (Å²) in [6, 6.07) is 14.7. The molecule has 1 aliphatic rings. The van der Waals surface area contributed by atoms with Gasteiger partial charge in [0.2, 0.25) is 0 Å². The highest BCUT2D eigenvalue weighted by atomic mass is 15.0. The van der Waals surface area contributed by atoms with Crippen LogP contribution >= 0.6 is 0 Å². The summed E-state index contributed by atoms with van der Waals surface area (Å²) in [5, 5.41) is 2.43. The van der Waals surface area contributed by atoms with Gasteiger partial charge < -0.3 is 5.73 Å². The number of rotatable bonds is 2. The zero-order valence-electron chi connectivity index (χ0n) is 12.0. The Bertz CT molecular complexity index is 830. The first kappa shape index (κ1) is 12.3. The molecule has 1 fully saturated rings. The van der Waals surface area contributed by atoms with Gasteiger partial charge in [-0.15, -0.1) is 0 Å². The smallest absolute Gasteiger partial charge is 0.134 e. The van der Waals surface area contributed by atoms with E-state index in [4.69, 9.17) is 10.7 Å². The number of fused-ring (bicyclic) bond motifs is 1. The lowest BCUT2D eigenvalue weighted by Gasteiger charge is -2.12. The molecule has 1 heterocycles. The second-order valence-corrected chi connectivity index (χ2v) is 5.74. The summed E-state index contributed by atoms with van der Waals surface area (Å²) >= 11 is 0. The van der Waals surface area contributed by atoms with Crippen molar-refractivity contribution in [2.75, 3.05) is 5.73 Å². The second kappa shape index (κ2) is 4.55. The van der Waals surface area contributed by atoms with Crippen molar-refractivity contribution in [3.8, 4) is 11.3 Å². The first-order valence-electron chi connectivity index (χ1n) is 7.36. The van der Waals surface area contributed by atoms with Gasteiger partial charge in [-0.2, -0.15) is 0 Å². The van der Waals surface area contributed by atoms with Crippen LogP contribution in [0.15, 0.2) is 42.5 Å². The fourth-order valence-electron chi connectivity index (χ4n) is 2.77. The van der Waals surface area contributed by atoms with Gasteiger partial charge in [-0.05, 0) is 30.5 Å². The molecule has 104 valence electrons. The summed E-state index contributed by atoms with van der Waals surface area (Å²) in [7, 11) is 0. The van der Waals surface area contributed by atoms with Gasteiger partial charge in [0.25, 0.3) is 0 Å². The van der Waals surface area contributed by atoms with Crippen LogP contribution in [0, 0.1) is 6.92 Å². The number of aromatic nitrogens is 2. The number of nitrogens with zero attached hydrogens (tertiary/aromatic N) is 2. The normalized spacial score (nSPS) is 14.5. The average Bonchev–Trinajstić information content (AvgIpc) is 3.34. The fourth-order valence-corrected chi connectivity index (χ4v) is 2.77. The maximum Gasteiger partial charge on any atom is 0.134 e. The number of benzene rings is 2. The van der Waals surface area contributed by atoms with E-state index in [0.29, 0.717) is 11.7 Å². The van der Waals surface area contributed by atoms with Crippen molar-refractivity contribution in [3.05, 3.63) is 53.9 Å². The molecule has 0 spiro atoms. The van der Waals surface area contributed by atoms with E-state index in [1.54, 1.807) is 0 Å². The van der Waals surface area contributed by atoms with Crippen LogP contribution in [0.4, 0.5) is 5.82 Å². The van der Waals surface area contributed by atoms with Crippen molar-refractivity contribution < 1.29 is 0 Å². The summed E-state index contributed by atoms with van der Waals surface area (Å²) in [4.78, 5) is 9.29. The Balaban J connectivity index is 2.00. The molecule has 21 heavy (non-hydrogen) atoms. The van der Waals surface area contributed by atoms with E-state index < -0.39 is 0 Å². The number of nitrogens with two attached hydrogens (primary N) is 1. The molecule has 1 saturated carbocycles. The summed E-state index contributed by atoms with van der Waals surface area (Å²) in [6.45, 7) is 2.00. The van der Waals surface area contributed by atoms with E-state index in [2.05, 4.69) is 47.4 Å². The van der Waals surface area contributed by atoms with Gasteiger partial charge in [0, 0.05) is 17.0 Å². The van der Waals surface area contributed by atoms with Gasteiger partial charge in [-0.1, -0.05) is 42.5 Å². The van der Waals surface area contributed by atoms with Crippen LogP contribution in [-0.2, 0) is 0 Å². The SMILES string of the molecule is Cc1c(N)nc(C2CC2)nc1-c1cccc2ccccc12. The molecule has 3 heteroatoms. The maximum absolute atomic E-state index is 6.12. The van der Waals surface area contributed by atoms with Crippen molar-refractivity contribution in [1.82, 2.24) is 9.97 Å². The summed E-state index contributed by atoms with van der Waals surface area (Å²) in [5.41, 5.74) is 9.20. The largest absolute Gasteiger partial charge is 0.383 e. The summed E-state index contributed by atoms with van der Waals surface area (Å²) in [6.07, 6.45) is 2.36. The molecule has 1 aromatic heterocycles. The van der Waals surface area contributed by atoms with Crippen LogP contribution in [-0.4, -0.2) is 9.97 Å². The summed E-state index contributed by atoms with van der Waals surface area (Å²) in [5.74, 6) is 2.01. The van der Waals surface area contributed by atoms with Crippen LogP contribution in [0.25, 0.3) is 22.0 Å². The van der Waals surface area contributed by atoms with Crippen LogP contribution in [0.1, 0.15) is 30.1 Å². The topological polar surface area (TPSA) is 51.8 Å². The van der Waals surface area contributed by atoms with Gasteiger partial charge in [0.1, 0.15) is 11.6 Å². The van der Waals surface area contributed by atoms with E-state index in [1.807, 2.05) is 6.92 Å². The van der Waals surface area contributed by atoms with Gasteiger partial charge in [0.05, 0.1) is 5.69 Å². The fraction of sp³-hybridized carbons (Fsp3) is 0.222. The quantitative estimate of drug-likeness (QED) is 0.767. The van der Waals surface area contributed by atoms with Gasteiger partial charge >= 0.3 is 0 Å². The van der Waals surface area contributed by atoms with Gasteiger partial charge in [-0.25, -0.2) is 9.97 Å². The molecule has 4 rings (SSSR count). The predicted octanol–water partition coefficient (Wildman–Crippen LogP) is 4.06. The minimum Gasteiger partial charge on any atom is -0.383 e. The van der Waals surface area contributed by atoms with Gasteiger partial charge in [-0.3, -0.25) is 0 Å². The third kappa shape index (κ3) is 2.05. The van der Waals surface area contributed by atoms with Crippen molar-refractivity contribution >= 4 is 16.6 Å². The van der Waals surface area contributed by atoms with Crippen LogP contribution in [0.5, 0.6) is 0 Å². The Morgan fingerprint density at radius 1 is 1.00 bits per heavy atom. The maximum atomic E-state index is 6.12. The molecule has 0 aliphatic heterocycles. The Labute approximate surface area is 123 Å². The van der Waals surface area contributed by atoms with E-state index in [-0.39, 0.29) is 0 Å². The Kier molecular flexibility index (Phi) is 2.67. The van der Waals surface area contributed by atoms with Crippen molar-refractivity contribution in [2.45, 2.75) is 25.7 Å². The van der Waals surface area contributed by atoms with E-state index in [9.17, 15) is 0 Å². The Hall–Kier alpha value is -2.42. The average molecular weight is 275 g/mol. The zero-order chi connectivity index (χ0) is 14.4. The standard InChI is InChI=1S/C18H17N3/c1-11-16(20-18(13-9-10-13)21-17(11)19)15-8-4-6-12-5-2-3-7-14(12)15/h2-8,13H,9-10H2,1H3,(H2,19,20,21). The number of anilines is 1. The lowest BCUT2D eigenvalue weighted by molar-refractivity contribution is 0.928. The number of hydrogen-bond acceptors (Lipinski definition) is 3. The second-order valence-electron chi connectivity index (χ2n) is 5.74. The Morgan fingerprint density at radius 3 is 2.57 bits per heavy atom. The lowest BCUT2D eigenvalue weighted by atomic mass is 9.99. The molecule has 0 bridgehead atoms. The monoisotopic (exact) mass is 275 g/mol. The lowest BCUT2D eigenvalue weighted by Crippen LogP contribution is -2.04. The first-order valence-corrected chi connectivity index (χ1v) is 7.36. The predicted molar refractivity (Wildman–Crippen MR) is 86.1 cm³/mol. The molecular weight excluding hydrogens is 258 g/mol. The first-order chi connectivity index (χ1) is 10.2. The van der Waals surface area contributed by atoms with Crippen molar-refractivity contribution in [2.24, 2.45) is 0 Å². The molecule has 3 aromatic rings. The third-order valence-electron chi connectivity index (χ3n) is 4.19. The van der Waals surface area contributed by atoms with Gasteiger partial charge in [0.15, 0.2) is 0 Å². The molecule has 0 radical (unpaired) electrons. The summed E-state index contributed by atoms with van der Waals surface area (Å²) < 4.78 is 0. The minimum atomic E-state index is 0.502. The van der Waals surface area contributed by atoms with Crippen molar-refractivity contribution in [3.63, 3.8) is 0 Å². The highest BCUT2D eigenvalue weighted by Crippen LogP contribution is 2.40. The minimum absolute atomic E-state index is 0.502. The van der Waals surface area contributed by atoms with Crippen LogP contribution in [0.2, 0.25) is 0 Å². The molecule has 0 saturated heterocycles. The molecule has 3 nitrogen and oxygen atoms in total. The molecule has 0 unspecified atom stereocenters. The van der Waals surface area contributed by atoms with E-state index in [0.717, 1.165) is 22.6 Å². The molecule has 0 amide bonds. The van der Waals surface area contributed by atoms with E-state index >= 15 is 0 Å². The Morgan fingerprint density at radius 2 is 1.76 bits per heavy atom. The van der Waals surface area contributed by atoms with Crippen LogP contribution in [0.3, 0.4) is 0 Å². The number of hydrogen-bond donors (Lipinski definition) is 1. The molecular formula is C18H17N3. The third-order valence-corrected chi connectivity index (χ3v) is 4.19. The molecule has 0 atom stereocenters. The van der Waals surface area contributed by atoms with E-state index in [1.165, 1.54) is 23.6 Å². The highest BCUT2D eigenvalue weighted by Gasteiger charge is 2.28.